The number of anilines is 2. The van der Waals surface area contributed by atoms with Crippen LogP contribution in [0.5, 0.6) is 0 Å². The smallest absolute Gasteiger partial charge is 0.270 e. The Morgan fingerprint density at radius 2 is 2.04 bits per heavy atom. The molecule has 1 aliphatic heterocycles. The number of nitrogens with zero attached hydrogens (tertiary/aromatic N) is 3. The van der Waals surface area contributed by atoms with E-state index < -0.39 is 4.92 Å². The van der Waals surface area contributed by atoms with Crippen molar-refractivity contribution in [2.75, 3.05) is 36.8 Å². The number of non-ortho nitro benzene ring substituents is 1. The minimum Gasteiger partial charge on any atom is -0.398 e. The summed E-state index contributed by atoms with van der Waals surface area (Å²) in [7, 11) is 0. The molecule has 0 radical (unpaired) electrons. The molecular formula is C16H18N6O2. The van der Waals surface area contributed by atoms with Crippen LogP contribution in [0.15, 0.2) is 36.5 Å². The summed E-state index contributed by atoms with van der Waals surface area (Å²) in [5.74, 6) is 0.794. The summed E-state index contributed by atoms with van der Waals surface area (Å²) in [4.78, 5) is 17.0. The quantitative estimate of drug-likeness (QED) is 0.338. The molecule has 0 amide bonds. The first-order valence-electron chi connectivity index (χ1n) is 7.61. The first-order valence-corrected chi connectivity index (χ1v) is 7.61. The summed E-state index contributed by atoms with van der Waals surface area (Å²) in [5.41, 5.74) is 7.29. The van der Waals surface area contributed by atoms with Gasteiger partial charge in [0, 0.05) is 61.3 Å². The molecule has 0 aliphatic carbocycles. The molecule has 3 rings (SSSR count). The van der Waals surface area contributed by atoms with E-state index in [4.69, 9.17) is 11.1 Å². The third-order valence-electron chi connectivity index (χ3n) is 3.99. The fourth-order valence-electron chi connectivity index (χ4n) is 2.67. The van der Waals surface area contributed by atoms with Gasteiger partial charge in [-0.2, -0.15) is 0 Å². The average Bonchev–Trinajstić information content (AvgIpc) is 2.62. The molecule has 1 fully saturated rings. The molecule has 0 atom stereocenters. The molecule has 8 heteroatoms. The highest BCUT2D eigenvalue weighted by molar-refractivity contribution is 6.14. The summed E-state index contributed by atoms with van der Waals surface area (Å²) in [5, 5.41) is 22.6. The zero-order chi connectivity index (χ0) is 17.1. The van der Waals surface area contributed by atoms with Crippen LogP contribution in [0.3, 0.4) is 0 Å². The number of rotatable bonds is 4. The molecule has 24 heavy (non-hydrogen) atoms. The lowest BCUT2D eigenvalue weighted by atomic mass is 10.0. The lowest BCUT2D eigenvalue weighted by Crippen LogP contribution is -2.43. The number of hydrogen-bond acceptors (Lipinski definition) is 7. The number of nitrogen functional groups attached to an aromatic ring is 1. The van der Waals surface area contributed by atoms with E-state index in [2.05, 4.69) is 15.2 Å². The lowest BCUT2D eigenvalue weighted by molar-refractivity contribution is -0.384. The lowest BCUT2D eigenvalue weighted by Gasteiger charge is -2.28. The van der Waals surface area contributed by atoms with Crippen molar-refractivity contribution in [1.82, 2.24) is 10.3 Å². The van der Waals surface area contributed by atoms with E-state index >= 15 is 0 Å². The Bertz CT molecular complexity index is 786. The number of benzene rings is 1. The van der Waals surface area contributed by atoms with E-state index in [1.165, 1.54) is 18.2 Å². The zero-order valence-electron chi connectivity index (χ0n) is 13.0. The van der Waals surface area contributed by atoms with Gasteiger partial charge in [-0.25, -0.2) is 4.98 Å². The van der Waals surface area contributed by atoms with Crippen molar-refractivity contribution in [3.05, 3.63) is 57.8 Å². The molecule has 124 valence electrons. The van der Waals surface area contributed by atoms with Gasteiger partial charge in [0.15, 0.2) is 0 Å². The Morgan fingerprint density at radius 3 is 2.75 bits per heavy atom. The van der Waals surface area contributed by atoms with E-state index in [0.717, 1.165) is 32.0 Å². The first-order chi connectivity index (χ1) is 11.6. The van der Waals surface area contributed by atoms with E-state index in [9.17, 15) is 10.1 Å². The van der Waals surface area contributed by atoms with Gasteiger partial charge >= 0.3 is 0 Å². The number of nitro groups is 1. The zero-order valence-corrected chi connectivity index (χ0v) is 13.0. The van der Waals surface area contributed by atoms with Crippen molar-refractivity contribution in [3.63, 3.8) is 0 Å². The van der Waals surface area contributed by atoms with Crippen molar-refractivity contribution in [2.24, 2.45) is 0 Å². The Morgan fingerprint density at radius 1 is 1.29 bits per heavy atom. The fourth-order valence-corrected chi connectivity index (χ4v) is 2.67. The number of hydrogen-bond donors (Lipinski definition) is 3. The third kappa shape index (κ3) is 3.18. The van der Waals surface area contributed by atoms with Crippen molar-refractivity contribution < 1.29 is 4.92 Å². The minimum absolute atomic E-state index is 0.0830. The van der Waals surface area contributed by atoms with Crippen LogP contribution in [-0.4, -0.2) is 41.8 Å². The van der Waals surface area contributed by atoms with Crippen LogP contribution in [0.2, 0.25) is 0 Å². The summed E-state index contributed by atoms with van der Waals surface area (Å²) < 4.78 is 0. The molecule has 2 aromatic rings. The molecule has 1 aliphatic rings. The average molecular weight is 326 g/mol. The Labute approximate surface area is 139 Å². The summed E-state index contributed by atoms with van der Waals surface area (Å²) in [6.07, 6.45) is 1.65. The van der Waals surface area contributed by atoms with Gasteiger partial charge in [0.25, 0.3) is 5.69 Å². The van der Waals surface area contributed by atoms with Gasteiger partial charge in [0.2, 0.25) is 0 Å². The predicted molar refractivity (Wildman–Crippen MR) is 92.8 cm³/mol. The van der Waals surface area contributed by atoms with Gasteiger partial charge in [-0.3, -0.25) is 15.5 Å². The Hall–Kier alpha value is -3.00. The molecule has 0 spiro atoms. The van der Waals surface area contributed by atoms with Crippen molar-refractivity contribution in [1.29, 1.82) is 5.41 Å². The Balaban J connectivity index is 1.93. The first kappa shape index (κ1) is 15.9. The van der Waals surface area contributed by atoms with Gasteiger partial charge in [-0.1, -0.05) is 0 Å². The van der Waals surface area contributed by atoms with Crippen LogP contribution in [0.25, 0.3) is 0 Å². The van der Waals surface area contributed by atoms with E-state index in [-0.39, 0.29) is 11.4 Å². The highest BCUT2D eigenvalue weighted by Gasteiger charge is 2.17. The largest absolute Gasteiger partial charge is 0.398 e. The highest BCUT2D eigenvalue weighted by Crippen LogP contribution is 2.23. The molecule has 0 unspecified atom stereocenters. The van der Waals surface area contributed by atoms with Gasteiger partial charge in [0.1, 0.15) is 5.82 Å². The van der Waals surface area contributed by atoms with Crippen molar-refractivity contribution in [3.8, 4) is 0 Å². The van der Waals surface area contributed by atoms with Crippen LogP contribution in [0.1, 0.15) is 11.1 Å². The number of pyridine rings is 1. The summed E-state index contributed by atoms with van der Waals surface area (Å²) >= 11 is 0. The summed E-state index contributed by atoms with van der Waals surface area (Å²) in [6, 6.07) is 7.67. The topological polar surface area (TPSA) is 121 Å². The van der Waals surface area contributed by atoms with Crippen LogP contribution < -0.4 is 16.0 Å². The van der Waals surface area contributed by atoms with Crippen LogP contribution in [-0.2, 0) is 0 Å². The van der Waals surface area contributed by atoms with Crippen LogP contribution >= 0.6 is 0 Å². The molecule has 8 nitrogen and oxygen atoms in total. The fraction of sp³-hybridized carbons (Fsp3) is 0.250. The van der Waals surface area contributed by atoms with E-state index in [1.54, 1.807) is 12.3 Å². The molecule has 1 saturated heterocycles. The van der Waals surface area contributed by atoms with E-state index in [0.29, 0.717) is 16.8 Å². The predicted octanol–water partition coefficient (Wildman–Crippen LogP) is 1.40. The summed E-state index contributed by atoms with van der Waals surface area (Å²) in [6.45, 7) is 3.48. The van der Waals surface area contributed by atoms with E-state index in [1.807, 2.05) is 6.07 Å². The number of nitro benzene ring substituents is 1. The molecule has 0 bridgehead atoms. The van der Waals surface area contributed by atoms with Crippen molar-refractivity contribution >= 4 is 22.9 Å². The number of nitrogens with one attached hydrogen (secondary N) is 2. The van der Waals surface area contributed by atoms with Crippen molar-refractivity contribution in [2.45, 2.75) is 0 Å². The SMILES string of the molecule is N=C(c1ccnc(N2CCNCC2)c1)c1cc([N+](=O)[O-])ccc1N. The number of aromatic nitrogens is 1. The minimum atomic E-state index is -0.491. The van der Waals surface area contributed by atoms with Crippen LogP contribution in [0, 0.1) is 15.5 Å². The number of piperazine rings is 1. The maximum absolute atomic E-state index is 11.0. The molecule has 1 aromatic carbocycles. The molecule has 2 heterocycles. The molecule has 1 aromatic heterocycles. The standard InChI is InChI=1S/C16H18N6O2/c17-14-2-1-12(22(23)24)10-13(14)16(18)11-3-4-20-15(9-11)21-7-5-19-6-8-21/h1-4,9-10,18-19H,5-8,17H2. The van der Waals surface area contributed by atoms with Gasteiger partial charge < -0.3 is 16.0 Å². The second-order valence-electron chi connectivity index (χ2n) is 5.54. The molecule has 0 saturated carbocycles. The van der Waals surface area contributed by atoms with Crippen LogP contribution in [0.4, 0.5) is 17.2 Å². The number of nitrogens with two attached hydrogens (primary N) is 1. The molecular weight excluding hydrogens is 308 g/mol. The van der Waals surface area contributed by atoms with Gasteiger partial charge in [-0.05, 0) is 18.2 Å². The monoisotopic (exact) mass is 326 g/mol. The van der Waals surface area contributed by atoms with Gasteiger partial charge in [0.05, 0.1) is 10.6 Å². The molecule has 4 N–H and O–H groups in total. The second-order valence-corrected chi connectivity index (χ2v) is 5.54. The second kappa shape index (κ2) is 6.63. The van der Waals surface area contributed by atoms with Gasteiger partial charge in [-0.15, -0.1) is 0 Å². The maximum atomic E-state index is 11.0. The maximum Gasteiger partial charge on any atom is 0.270 e. The third-order valence-corrected chi connectivity index (χ3v) is 3.99. The normalized spacial score (nSPS) is 14.4. The Kier molecular flexibility index (Phi) is 4.39. The highest BCUT2D eigenvalue weighted by atomic mass is 16.6.